The molecule has 0 radical (unpaired) electrons. The number of rotatable bonds is 3. The molecular weight excluding hydrogens is 362 g/mol. The first-order chi connectivity index (χ1) is 10.5. The minimum Gasteiger partial charge on any atom is -0.279 e. The monoisotopic (exact) mass is 375 g/mol. The fourth-order valence-electron chi connectivity index (χ4n) is 2.27. The SMILES string of the molecule is Cc1ccc(S(=O)(=O)Nc2ccc(Br)c3ccccc23)cc1. The first-order valence-electron chi connectivity index (χ1n) is 6.74. The number of hydrogen-bond donors (Lipinski definition) is 1. The van der Waals surface area contributed by atoms with Crippen LogP contribution >= 0.6 is 15.9 Å². The molecule has 5 heteroatoms. The second-order valence-electron chi connectivity index (χ2n) is 5.06. The second kappa shape index (κ2) is 5.74. The first-order valence-corrected chi connectivity index (χ1v) is 9.02. The highest BCUT2D eigenvalue weighted by Gasteiger charge is 2.15. The summed E-state index contributed by atoms with van der Waals surface area (Å²) >= 11 is 3.49. The average molecular weight is 376 g/mol. The van der Waals surface area contributed by atoms with Gasteiger partial charge in [-0.05, 0) is 36.6 Å². The molecule has 0 amide bonds. The highest BCUT2D eigenvalue weighted by atomic mass is 79.9. The summed E-state index contributed by atoms with van der Waals surface area (Å²) in [5.74, 6) is 0. The first kappa shape index (κ1) is 15.1. The molecule has 0 aliphatic heterocycles. The quantitative estimate of drug-likeness (QED) is 0.720. The average Bonchev–Trinajstić information content (AvgIpc) is 2.51. The van der Waals surface area contributed by atoms with Gasteiger partial charge in [0.2, 0.25) is 0 Å². The number of benzene rings is 3. The summed E-state index contributed by atoms with van der Waals surface area (Å²) in [5.41, 5.74) is 1.59. The molecule has 0 unspecified atom stereocenters. The van der Waals surface area contributed by atoms with Crippen molar-refractivity contribution in [3.8, 4) is 0 Å². The molecule has 3 aromatic carbocycles. The molecule has 1 N–H and O–H groups in total. The van der Waals surface area contributed by atoms with Crippen molar-refractivity contribution in [2.75, 3.05) is 4.72 Å². The fourth-order valence-corrected chi connectivity index (χ4v) is 3.83. The molecule has 0 spiro atoms. The van der Waals surface area contributed by atoms with Gasteiger partial charge in [-0.3, -0.25) is 4.72 Å². The largest absolute Gasteiger partial charge is 0.279 e. The van der Waals surface area contributed by atoms with Crippen LogP contribution in [-0.4, -0.2) is 8.42 Å². The van der Waals surface area contributed by atoms with E-state index in [0.29, 0.717) is 5.69 Å². The van der Waals surface area contributed by atoms with Gasteiger partial charge in [0, 0.05) is 9.86 Å². The zero-order valence-corrected chi connectivity index (χ0v) is 14.3. The summed E-state index contributed by atoms with van der Waals surface area (Å²) in [7, 11) is -3.60. The van der Waals surface area contributed by atoms with E-state index in [2.05, 4.69) is 20.7 Å². The minimum atomic E-state index is -3.60. The Labute approximate surface area is 138 Å². The van der Waals surface area contributed by atoms with Crippen LogP contribution in [0.1, 0.15) is 5.56 Å². The molecule has 0 heterocycles. The zero-order chi connectivity index (χ0) is 15.7. The molecule has 3 aromatic rings. The number of hydrogen-bond acceptors (Lipinski definition) is 2. The van der Waals surface area contributed by atoms with Crippen LogP contribution in [0.3, 0.4) is 0 Å². The van der Waals surface area contributed by atoms with Crippen molar-refractivity contribution in [2.24, 2.45) is 0 Å². The molecule has 3 rings (SSSR count). The third-order valence-electron chi connectivity index (χ3n) is 3.45. The van der Waals surface area contributed by atoms with Crippen molar-refractivity contribution in [3.05, 3.63) is 70.7 Å². The van der Waals surface area contributed by atoms with E-state index in [4.69, 9.17) is 0 Å². The van der Waals surface area contributed by atoms with Gasteiger partial charge in [0.15, 0.2) is 0 Å². The van der Waals surface area contributed by atoms with Gasteiger partial charge in [-0.2, -0.15) is 0 Å². The number of halogens is 1. The minimum absolute atomic E-state index is 0.255. The van der Waals surface area contributed by atoms with E-state index in [1.165, 1.54) is 0 Å². The summed E-state index contributed by atoms with van der Waals surface area (Å²) in [5, 5.41) is 1.82. The van der Waals surface area contributed by atoms with Crippen LogP contribution in [0.4, 0.5) is 5.69 Å². The summed E-state index contributed by atoms with van der Waals surface area (Å²) in [4.78, 5) is 0.255. The molecule has 0 aliphatic carbocycles. The summed E-state index contributed by atoms with van der Waals surface area (Å²) in [6.45, 7) is 1.92. The van der Waals surface area contributed by atoms with Gasteiger partial charge in [0.25, 0.3) is 10.0 Å². The van der Waals surface area contributed by atoms with Gasteiger partial charge in [0.05, 0.1) is 10.6 Å². The van der Waals surface area contributed by atoms with E-state index < -0.39 is 10.0 Å². The van der Waals surface area contributed by atoms with Crippen molar-refractivity contribution < 1.29 is 8.42 Å². The molecule has 0 aliphatic rings. The predicted molar refractivity (Wildman–Crippen MR) is 93.6 cm³/mol. The van der Waals surface area contributed by atoms with Crippen LogP contribution in [0.15, 0.2) is 70.0 Å². The van der Waals surface area contributed by atoms with Gasteiger partial charge < -0.3 is 0 Å². The Morgan fingerprint density at radius 3 is 2.18 bits per heavy atom. The van der Waals surface area contributed by atoms with E-state index in [-0.39, 0.29) is 4.90 Å². The Morgan fingerprint density at radius 2 is 1.50 bits per heavy atom. The predicted octanol–water partition coefficient (Wildman–Crippen LogP) is 4.71. The van der Waals surface area contributed by atoms with E-state index in [1.54, 1.807) is 30.3 Å². The molecule has 0 aromatic heterocycles. The lowest BCUT2D eigenvalue weighted by molar-refractivity contribution is 0.601. The zero-order valence-electron chi connectivity index (χ0n) is 11.9. The molecule has 3 nitrogen and oxygen atoms in total. The molecule has 0 fully saturated rings. The molecule has 0 saturated carbocycles. The third kappa shape index (κ3) is 2.87. The second-order valence-corrected chi connectivity index (χ2v) is 7.60. The Morgan fingerprint density at radius 1 is 0.864 bits per heavy atom. The Balaban J connectivity index is 2.06. The lowest BCUT2D eigenvalue weighted by atomic mass is 10.1. The Kier molecular flexibility index (Phi) is 3.93. The van der Waals surface area contributed by atoms with Crippen LogP contribution in [0, 0.1) is 6.92 Å². The summed E-state index contributed by atoms with van der Waals surface area (Å²) in [6, 6.07) is 18.0. The van der Waals surface area contributed by atoms with Gasteiger partial charge >= 0.3 is 0 Å². The Hall–Kier alpha value is -1.85. The third-order valence-corrected chi connectivity index (χ3v) is 5.52. The lowest BCUT2D eigenvalue weighted by Gasteiger charge is -2.12. The maximum Gasteiger partial charge on any atom is 0.261 e. The van der Waals surface area contributed by atoms with Crippen LogP contribution in [0.25, 0.3) is 10.8 Å². The van der Waals surface area contributed by atoms with Gasteiger partial charge in [-0.15, -0.1) is 0 Å². The van der Waals surface area contributed by atoms with Crippen LogP contribution in [0.5, 0.6) is 0 Å². The smallest absolute Gasteiger partial charge is 0.261 e. The fraction of sp³-hybridized carbons (Fsp3) is 0.0588. The van der Waals surface area contributed by atoms with Crippen LogP contribution in [0.2, 0.25) is 0 Å². The Bertz CT molecular complexity index is 935. The molecule has 112 valence electrons. The van der Waals surface area contributed by atoms with Crippen molar-refractivity contribution in [1.82, 2.24) is 0 Å². The van der Waals surface area contributed by atoms with E-state index in [9.17, 15) is 8.42 Å². The van der Waals surface area contributed by atoms with E-state index in [1.807, 2.05) is 37.3 Å². The van der Waals surface area contributed by atoms with Crippen LogP contribution in [-0.2, 0) is 10.0 Å². The van der Waals surface area contributed by atoms with Gasteiger partial charge in [-0.25, -0.2) is 8.42 Å². The van der Waals surface area contributed by atoms with Crippen molar-refractivity contribution in [2.45, 2.75) is 11.8 Å². The standard InChI is InChI=1S/C17H14BrNO2S/c1-12-6-8-13(9-7-12)22(20,21)19-17-11-10-16(18)14-4-2-3-5-15(14)17/h2-11,19H,1H3. The normalized spacial score (nSPS) is 11.5. The molecule has 0 atom stereocenters. The van der Waals surface area contributed by atoms with Crippen molar-refractivity contribution in [1.29, 1.82) is 0 Å². The molecule has 0 saturated heterocycles. The number of anilines is 1. The maximum atomic E-state index is 12.5. The number of nitrogens with one attached hydrogen (secondary N) is 1. The number of aryl methyl sites for hydroxylation is 1. The molecular formula is C17H14BrNO2S. The van der Waals surface area contributed by atoms with Crippen molar-refractivity contribution >= 4 is 42.4 Å². The topological polar surface area (TPSA) is 46.2 Å². The summed E-state index contributed by atoms with van der Waals surface area (Å²) in [6.07, 6.45) is 0. The van der Waals surface area contributed by atoms with E-state index >= 15 is 0 Å². The summed E-state index contributed by atoms with van der Waals surface area (Å²) < 4.78 is 28.6. The number of fused-ring (bicyclic) bond motifs is 1. The van der Waals surface area contributed by atoms with Gasteiger partial charge in [-0.1, -0.05) is 57.9 Å². The molecule has 22 heavy (non-hydrogen) atoms. The van der Waals surface area contributed by atoms with Crippen molar-refractivity contribution in [3.63, 3.8) is 0 Å². The molecule has 0 bridgehead atoms. The van der Waals surface area contributed by atoms with E-state index in [0.717, 1.165) is 20.8 Å². The van der Waals surface area contributed by atoms with Crippen LogP contribution < -0.4 is 4.72 Å². The highest BCUT2D eigenvalue weighted by molar-refractivity contribution is 9.10. The maximum absolute atomic E-state index is 12.5. The lowest BCUT2D eigenvalue weighted by Crippen LogP contribution is -2.13. The number of sulfonamides is 1. The van der Waals surface area contributed by atoms with Gasteiger partial charge in [0.1, 0.15) is 0 Å². The highest BCUT2D eigenvalue weighted by Crippen LogP contribution is 2.31.